The molecule has 0 radical (unpaired) electrons. The number of halogens is 3. The van der Waals surface area contributed by atoms with E-state index in [0.717, 1.165) is 12.8 Å². The number of amides is 1. The van der Waals surface area contributed by atoms with Gasteiger partial charge in [-0.25, -0.2) is 4.99 Å². The second-order valence-corrected chi connectivity index (χ2v) is 7.57. The van der Waals surface area contributed by atoms with Gasteiger partial charge in [0, 0.05) is 17.8 Å². The van der Waals surface area contributed by atoms with Crippen molar-refractivity contribution < 1.29 is 22.7 Å². The van der Waals surface area contributed by atoms with Crippen LogP contribution >= 0.6 is 0 Å². The van der Waals surface area contributed by atoms with Crippen molar-refractivity contribution in [1.82, 2.24) is 10.3 Å². The molecule has 1 aromatic rings. The number of amidine groups is 1. The zero-order valence-corrected chi connectivity index (χ0v) is 15.0. The highest BCUT2D eigenvalue weighted by Crippen LogP contribution is 2.44. The van der Waals surface area contributed by atoms with E-state index in [1.165, 1.54) is 12.3 Å². The van der Waals surface area contributed by atoms with Gasteiger partial charge < -0.3 is 10.1 Å². The van der Waals surface area contributed by atoms with Crippen molar-refractivity contribution in [3.63, 3.8) is 0 Å². The van der Waals surface area contributed by atoms with Crippen LogP contribution in [0, 0.1) is 5.92 Å². The molecule has 1 atom stereocenters. The number of nitrogens with one attached hydrogen (secondary N) is 1. The highest BCUT2D eigenvalue weighted by molar-refractivity contribution is 6.14. The highest BCUT2D eigenvalue weighted by Gasteiger charge is 2.40. The van der Waals surface area contributed by atoms with Gasteiger partial charge in [0.05, 0.1) is 0 Å². The quantitative estimate of drug-likeness (QED) is 0.834. The smallest absolute Gasteiger partial charge is 0.422 e. The minimum atomic E-state index is -4.42. The fraction of sp³-hybridized carbons (Fsp3) is 0.611. The third-order valence-electron chi connectivity index (χ3n) is 4.43. The molecule has 0 bridgehead atoms. The predicted octanol–water partition coefficient (Wildman–Crippen LogP) is 3.58. The van der Waals surface area contributed by atoms with Gasteiger partial charge in [0.2, 0.25) is 0 Å². The van der Waals surface area contributed by atoms with Crippen molar-refractivity contribution >= 4 is 11.7 Å². The molecule has 0 spiro atoms. The summed E-state index contributed by atoms with van der Waals surface area (Å²) in [5, 5.41) is 2.70. The van der Waals surface area contributed by atoms with Crippen molar-refractivity contribution in [3.05, 3.63) is 23.5 Å². The minimum Gasteiger partial charge on any atom is -0.484 e. The van der Waals surface area contributed by atoms with E-state index in [1.54, 1.807) is 6.92 Å². The van der Waals surface area contributed by atoms with E-state index < -0.39 is 18.3 Å². The Bertz CT molecular complexity index is 742. The SMILES string of the molecule is CC(C)CC1(C)N=C(c2cc(OCC(F)(F)F)c(C3CC3)cn2)NC1=O. The summed E-state index contributed by atoms with van der Waals surface area (Å²) in [5.74, 6) is 0.657. The van der Waals surface area contributed by atoms with Crippen molar-refractivity contribution in [2.75, 3.05) is 6.61 Å². The van der Waals surface area contributed by atoms with Gasteiger partial charge in [0.1, 0.15) is 17.0 Å². The molecule has 8 heteroatoms. The molecule has 1 aliphatic heterocycles. The molecule has 1 fully saturated rings. The second-order valence-electron chi connectivity index (χ2n) is 7.57. The number of alkyl halides is 3. The van der Waals surface area contributed by atoms with Crippen molar-refractivity contribution in [1.29, 1.82) is 0 Å². The summed E-state index contributed by atoms with van der Waals surface area (Å²) in [6.45, 7) is 4.38. The number of rotatable bonds is 6. The van der Waals surface area contributed by atoms with Gasteiger partial charge >= 0.3 is 6.18 Å². The number of aromatic nitrogens is 1. The zero-order valence-electron chi connectivity index (χ0n) is 15.0. The fourth-order valence-electron chi connectivity index (χ4n) is 3.18. The van der Waals surface area contributed by atoms with Crippen LogP contribution in [0.2, 0.25) is 0 Å². The van der Waals surface area contributed by atoms with Gasteiger partial charge in [-0.1, -0.05) is 13.8 Å². The van der Waals surface area contributed by atoms with Gasteiger partial charge in [-0.15, -0.1) is 0 Å². The van der Waals surface area contributed by atoms with Crippen LogP contribution in [0.5, 0.6) is 5.75 Å². The third kappa shape index (κ3) is 4.16. The monoisotopic (exact) mass is 369 g/mol. The molecule has 3 rings (SSSR count). The average Bonchev–Trinajstić information content (AvgIpc) is 3.31. The minimum absolute atomic E-state index is 0.157. The van der Waals surface area contributed by atoms with E-state index in [1.807, 2.05) is 13.8 Å². The number of nitrogens with zero attached hydrogens (tertiary/aromatic N) is 2. The standard InChI is InChI=1S/C18H22F3N3O2/c1-10(2)7-17(3)16(25)23-15(24-17)13-6-14(26-9-18(19,20)21)12(8-22-13)11-4-5-11/h6,8,10-11H,4-5,7,9H2,1-3H3,(H,23,24,25). The van der Waals surface area contributed by atoms with Crippen molar-refractivity contribution in [2.45, 2.75) is 57.7 Å². The summed E-state index contributed by atoms with van der Waals surface area (Å²) >= 11 is 0. The van der Waals surface area contributed by atoms with E-state index >= 15 is 0 Å². The number of hydrogen-bond acceptors (Lipinski definition) is 4. The van der Waals surface area contributed by atoms with Gasteiger partial charge in [0.15, 0.2) is 12.4 Å². The van der Waals surface area contributed by atoms with E-state index in [0.29, 0.717) is 17.7 Å². The molecule has 2 heterocycles. The van der Waals surface area contributed by atoms with Crippen LogP contribution in [-0.4, -0.2) is 35.0 Å². The Labute approximate surface area is 150 Å². The second kappa shape index (κ2) is 6.55. The fourth-order valence-corrected chi connectivity index (χ4v) is 3.18. The zero-order chi connectivity index (χ0) is 19.1. The lowest BCUT2D eigenvalue weighted by Gasteiger charge is -2.19. The van der Waals surface area contributed by atoms with E-state index in [4.69, 9.17) is 4.74 Å². The summed E-state index contributed by atoms with van der Waals surface area (Å²) < 4.78 is 42.6. The molecule has 5 nitrogen and oxygen atoms in total. The number of ether oxygens (including phenoxy) is 1. The van der Waals surface area contributed by atoms with E-state index in [-0.39, 0.29) is 29.3 Å². The molecule has 2 aliphatic rings. The molecule has 1 amide bonds. The molecule has 26 heavy (non-hydrogen) atoms. The molecule has 1 N–H and O–H groups in total. The first-order valence-electron chi connectivity index (χ1n) is 8.68. The number of aliphatic imine (C=N–C) groups is 1. The van der Waals surface area contributed by atoms with Crippen molar-refractivity contribution in [3.8, 4) is 5.75 Å². The molecule has 1 unspecified atom stereocenters. The summed E-state index contributed by atoms with van der Waals surface area (Å²) in [5.41, 5.74) is 0.0909. The van der Waals surface area contributed by atoms with Crippen LogP contribution in [0.4, 0.5) is 13.2 Å². The van der Waals surface area contributed by atoms with Gasteiger partial charge in [-0.2, -0.15) is 13.2 Å². The van der Waals surface area contributed by atoms with Crippen LogP contribution in [0.3, 0.4) is 0 Å². The molecule has 1 aliphatic carbocycles. The molecule has 0 saturated heterocycles. The molecule has 0 aromatic carbocycles. The number of hydrogen-bond donors (Lipinski definition) is 1. The molecule has 1 aromatic heterocycles. The number of carbonyl (C=O) groups excluding carboxylic acids is 1. The average molecular weight is 369 g/mol. The Morgan fingerprint density at radius 2 is 2.08 bits per heavy atom. The Morgan fingerprint density at radius 1 is 1.38 bits per heavy atom. The normalized spacial score (nSPS) is 23.2. The number of carbonyl (C=O) groups is 1. The Balaban J connectivity index is 1.88. The van der Waals surface area contributed by atoms with E-state index in [2.05, 4.69) is 15.3 Å². The molecule has 1 saturated carbocycles. The number of pyridine rings is 1. The lowest BCUT2D eigenvalue weighted by atomic mass is 9.91. The van der Waals surface area contributed by atoms with Crippen LogP contribution in [0.25, 0.3) is 0 Å². The molecular formula is C18H22F3N3O2. The first-order chi connectivity index (χ1) is 12.1. The lowest BCUT2D eigenvalue weighted by Crippen LogP contribution is -2.38. The summed E-state index contributed by atoms with van der Waals surface area (Å²) in [7, 11) is 0. The molecule has 142 valence electrons. The summed E-state index contributed by atoms with van der Waals surface area (Å²) in [4.78, 5) is 21.1. The summed E-state index contributed by atoms with van der Waals surface area (Å²) in [6, 6.07) is 1.44. The largest absolute Gasteiger partial charge is 0.484 e. The Morgan fingerprint density at radius 3 is 2.65 bits per heavy atom. The maximum absolute atomic E-state index is 12.5. The molecular weight excluding hydrogens is 347 g/mol. The summed E-state index contributed by atoms with van der Waals surface area (Å²) in [6.07, 6.45) is -0.494. The Hall–Kier alpha value is -2.12. The van der Waals surface area contributed by atoms with Crippen LogP contribution in [-0.2, 0) is 4.79 Å². The van der Waals surface area contributed by atoms with Gasteiger partial charge in [-0.05, 0) is 38.0 Å². The van der Waals surface area contributed by atoms with Crippen LogP contribution < -0.4 is 10.1 Å². The lowest BCUT2D eigenvalue weighted by molar-refractivity contribution is -0.153. The maximum atomic E-state index is 12.5. The van der Waals surface area contributed by atoms with Gasteiger partial charge in [-0.3, -0.25) is 9.78 Å². The first-order valence-corrected chi connectivity index (χ1v) is 8.68. The Kier molecular flexibility index (Phi) is 4.71. The third-order valence-corrected chi connectivity index (χ3v) is 4.43. The van der Waals surface area contributed by atoms with Gasteiger partial charge in [0.25, 0.3) is 5.91 Å². The van der Waals surface area contributed by atoms with Crippen molar-refractivity contribution in [2.24, 2.45) is 10.9 Å². The highest BCUT2D eigenvalue weighted by atomic mass is 19.4. The topological polar surface area (TPSA) is 63.6 Å². The van der Waals surface area contributed by atoms with Crippen LogP contribution in [0.1, 0.15) is 57.2 Å². The maximum Gasteiger partial charge on any atom is 0.422 e. The van der Waals surface area contributed by atoms with E-state index in [9.17, 15) is 18.0 Å². The van der Waals surface area contributed by atoms with Crippen LogP contribution in [0.15, 0.2) is 17.3 Å². The first kappa shape index (κ1) is 18.7. The predicted molar refractivity (Wildman–Crippen MR) is 90.3 cm³/mol.